The van der Waals surface area contributed by atoms with Gasteiger partial charge in [0.1, 0.15) is 5.60 Å². The van der Waals surface area contributed by atoms with Crippen LogP contribution in [0.5, 0.6) is 11.5 Å². The Bertz CT molecular complexity index is 573. The zero-order valence-corrected chi connectivity index (χ0v) is 13.2. The normalized spacial score (nSPS) is 15.2. The quantitative estimate of drug-likeness (QED) is 0.811. The van der Waals surface area contributed by atoms with Crippen molar-refractivity contribution in [1.29, 1.82) is 0 Å². The van der Waals surface area contributed by atoms with Crippen LogP contribution >= 0.6 is 0 Å². The van der Waals surface area contributed by atoms with Gasteiger partial charge in [-0.1, -0.05) is 0 Å². The first-order chi connectivity index (χ1) is 10.6. The highest BCUT2D eigenvalue weighted by Gasteiger charge is 2.43. The number of rotatable bonds is 5. The summed E-state index contributed by atoms with van der Waals surface area (Å²) in [6.45, 7) is 6.35. The molecule has 2 rings (SSSR count). The number of hydrogen-bond acceptors (Lipinski definition) is 5. The van der Waals surface area contributed by atoms with Crippen molar-refractivity contribution < 1.29 is 27.8 Å². The zero-order chi connectivity index (χ0) is 17.1. The molecule has 0 saturated carbocycles. The number of alkyl halides is 2. The van der Waals surface area contributed by atoms with E-state index in [-0.39, 0.29) is 11.5 Å². The van der Waals surface area contributed by atoms with Crippen molar-refractivity contribution in [2.24, 2.45) is 0 Å². The summed E-state index contributed by atoms with van der Waals surface area (Å²) in [5.74, 6) is -0.000905. The Morgan fingerprint density at radius 2 is 1.91 bits per heavy atom. The fourth-order valence-corrected chi connectivity index (χ4v) is 1.88. The Morgan fingerprint density at radius 3 is 2.61 bits per heavy atom. The van der Waals surface area contributed by atoms with Crippen LogP contribution < -0.4 is 20.1 Å². The molecule has 0 radical (unpaired) electrons. The summed E-state index contributed by atoms with van der Waals surface area (Å²) >= 11 is 0. The summed E-state index contributed by atoms with van der Waals surface area (Å²) in [7, 11) is 0. The van der Waals surface area contributed by atoms with Gasteiger partial charge in [0.2, 0.25) is 0 Å². The summed E-state index contributed by atoms with van der Waals surface area (Å²) in [6, 6.07) is 4.47. The Kier molecular flexibility index (Phi) is 4.82. The fourth-order valence-electron chi connectivity index (χ4n) is 1.88. The first-order valence-corrected chi connectivity index (χ1v) is 7.25. The molecule has 0 spiro atoms. The van der Waals surface area contributed by atoms with E-state index >= 15 is 0 Å². The third kappa shape index (κ3) is 5.46. The van der Waals surface area contributed by atoms with Gasteiger partial charge in [0, 0.05) is 24.8 Å². The number of halogens is 2. The van der Waals surface area contributed by atoms with Crippen LogP contribution in [0.4, 0.5) is 19.3 Å². The molecule has 1 heterocycles. The highest BCUT2D eigenvalue weighted by molar-refractivity contribution is 5.67. The van der Waals surface area contributed by atoms with Crippen molar-refractivity contribution in [3.63, 3.8) is 0 Å². The van der Waals surface area contributed by atoms with Crippen LogP contribution in [0, 0.1) is 0 Å². The van der Waals surface area contributed by atoms with E-state index in [0.717, 1.165) is 0 Å². The molecule has 128 valence electrons. The zero-order valence-electron chi connectivity index (χ0n) is 13.2. The maximum Gasteiger partial charge on any atom is 0.586 e. The van der Waals surface area contributed by atoms with Crippen LogP contribution in [0.1, 0.15) is 27.2 Å². The topological polar surface area (TPSA) is 68.8 Å². The molecule has 0 unspecified atom stereocenters. The SMILES string of the molecule is CC(C)(C)OC(=O)NCCCNc1ccc2c(c1)OC(F)(F)O2. The number of carbonyl (C=O) groups excluding carboxylic acids is 1. The average Bonchev–Trinajstić information content (AvgIpc) is 2.69. The Balaban J connectivity index is 1.69. The van der Waals surface area contributed by atoms with Crippen molar-refractivity contribution in [1.82, 2.24) is 5.32 Å². The maximum absolute atomic E-state index is 12.9. The number of alkyl carbamates (subject to hydrolysis) is 1. The van der Waals surface area contributed by atoms with Gasteiger partial charge >= 0.3 is 12.4 Å². The molecule has 0 saturated heterocycles. The van der Waals surface area contributed by atoms with E-state index in [9.17, 15) is 13.6 Å². The molecule has 1 aromatic rings. The van der Waals surface area contributed by atoms with E-state index in [0.29, 0.717) is 25.2 Å². The number of carbonyl (C=O) groups is 1. The second-order valence-electron chi connectivity index (χ2n) is 6.04. The second kappa shape index (κ2) is 6.47. The number of fused-ring (bicyclic) bond motifs is 1. The number of anilines is 1. The summed E-state index contributed by atoms with van der Waals surface area (Å²) in [5.41, 5.74) is 0.0963. The number of hydrogen-bond donors (Lipinski definition) is 2. The summed E-state index contributed by atoms with van der Waals surface area (Å²) in [5, 5.41) is 5.68. The van der Waals surface area contributed by atoms with Crippen molar-refractivity contribution in [2.75, 3.05) is 18.4 Å². The first-order valence-electron chi connectivity index (χ1n) is 7.25. The highest BCUT2D eigenvalue weighted by Crippen LogP contribution is 2.42. The van der Waals surface area contributed by atoms with Gasteiger partial charge in [0.25, 0.3) is 0 Å². The van der Waals surface area contributed by atoms with E-state index in [1.54, 1.807) is 26.8 Å². The number of nitrogens with one attached hydrogen (secondary N) is 2. The summed E-state index contributed by atoms with van der Waals surface area (Å²) in [6.07, 6.45) is -3.44. The Morgan fingerprint density at radius 1 is 1.22 bits per heavy atom. The molecule has 0 fully saturated rings. The van der Waals surface area contributed by atoms with Gasteiger partial charge in [0.15, 0.2) is 11.5 Å². The van der Waals surface area contributed by atoms with Crippen LogP contribution in [-0.4, -0.2) is 31.1 Å². The van der Waals surface area contributed by atoms with Crippen LogP contribution in [-0.2, 0) is 4.74 Å². The molecule has 1 aliphatic rings. The third-order valence-electron chi connectivity index (χ3n) is 2.75. The van der Waals surface area contributed by atoms with Gasteiger partial charge in [-0.15, -0.1) is 8.78 Å². The number of benzene rings is 1. The van der Waals surface area contributed by atoms with Crippen molar-refractivity contribution >= 4 is 11.8 Å². The monoisotopic (exact) mass is 330 g/mol. The largest absolute Gasteiger partial charge is 0.586 e. The minimum Gasteiger partial charge on any atom is -0.444 e. The maximum atomic E-state index is 12.9. The van der Waals surface area contributed by atoms with Crippen LogP contribution in [0.25, 0.3) is 0 Å². The lowest BCUT2D eigenvalue weighted by Gasteiger charge is -2.19. The first kappa shape index (κ1) is 17.1. The van der Waals surface area contributed by atoms with Gasteiger partial charge in [0.05, 0.1) is 0 Å². The lowest BCUT2D eigenvalue weighted by molar-refractivity contribution is -0.286. The predicted octanol–water partition coefficient (Wildman–Crippen LogP) is 3.33. The van der Waals surface area contributed by atoms with E-state index in [2.05, 4.69) is 20.1 Å². The third-order valence-corrected chi connectivity index (χ3v) is 2.75. The van der Waals surface area contributed by atoms with Gasteiger partial charge in [-0.25, -0.2) is 4.79 Å². The number of ether oxygens (including phenoxy) is 3. The van der Waals surface area contributed by atoms with Crippen molar-refractivity contribution in [3.05, 3.63) is 18.2 Å². The molecule has 0 aromatic heterocycles. The summed E-state index contributed by atoms with van der Waals surface area (Å²) in [4.78, 5) is 11.4. The minimum absolute atomic E-state index is 0.00661. The van der Waals surface area contributed by atoms with Crippen molar-refractivity contribution in [2.45, 2.75) is 39.1 Å². The minimum atomic E-state index is -3.61. The molecule has 2 N–H and O–H groups in total. The second-order valence-corrected chi connectivity index (χ2v) is 6.04. The van der Waals surface area contributed by atoms with Gasteiger partial charge in [-0.05, 0) is 39.3 Å². The molecular formula is C15H20F2N2O4. The lowest BCUT2D eigenvalue weighted by Crippen LogP contribution is -2.33. The molecular weight excluding hydrogens is 310 g/mol. The van der Waals surface area contributed by atoms with E-state index in [4.69, 9.17) is 4.74 Å². The van der Waals surface area contributed by atoms with E-state index in [1.165, 1.54) is 12.1 Å². The Labute approximate surface area is 133 Å². The van der Waals surface area contributed by atoms with E-state index in [1.807, 2.05) is 0 Å². The molecule has 23 heavy (non-hydrogen) atoms. The van der Waals surface area contributed by atoms with Crippen LogP contribution in [0.3, 0.4) is 0 Å². The van der Waals surface area contributed by atoms with Crippen LogP contribution in [0.2, 0.25) is 0 Å². The van der Waals surface area contributed by atoms with Gasteiger partial charge in [-0.2, -0.15) is 0 Å². The standard InChI is InChI=1S/C15H20F2N2O4/c1-14(2,3)23-13(20)19-8-4-7-18-10-5-6-11-12(9-10)22-15(16,17)21-11/h5-6,9,18H,4,7-8H2,1-3H3,(H,19,20). The average molecular weight is 330 g/mol. The molecule has 1 amide bonds. The smallest absolute Gasteiger partial charge is 0.444 e. The van der Waals surface area contributed by atoms with Crippen molar-refractivity contribution in [3.8, 4) is 11.5 Å². The molecule has 1 aliphatic heterocycles. The molecule has 1 aromatic carbocycles. The predicted molar refractivity (Wildman–Crippen MR) is 80.0 cm³/mol. The molecule has 8 heteroatoms. The highest BCUT2D eigenvalue weighted by atomic mass is 19.3. The molecule has 0 aliphatic carbocycles. The fraction of sp³-hybridized carbons (Fsp3) is 0.533. The van der Waals surface area contributed by atoms with E-state index < -0.39 is 18.0 Å². The van der Waals surface area contributed by atoms with Gasteiger partial charge < -0.3 is 24.8 Å². The Hall–Kier alpha value is -2.25. The van der Waals surface area contributed by atoms with Crippen LogP contribution in [0.15, 0.2) is 18.2 Å². The molecule has 6 nitrogen and oxygen atoms in total. The number of amides is 1. The molecule has 0 atom stereocenters. The molecule has 0 bridgehead atoms. The lowest BCUT2D eigenvalue weighted by atomic mass is 10.2. The van der Waals surface area contributed by atoms with Gasteiger partial charge in [-0.3, -0.25) is 0 Å². The summed E-state index contributed by atoms with van der Waals surface area (Å²) < 4.78 is 39.6.